The highest BCUT2D eigenvalue weighted by Crippen LogP contribution is 2.40. The zero-order chi connectivity index (χ0) is 24.7. The highest BCUT2D eigenvalue weighted by Gasteiger charge is 2.27. The lowest BCUT2D eigenvalue weighted by Crippen LogP contribution is -2.33. The number of nitrogens with one attached hydrogen (secondary N) is 1. The number of fused-ring (bicyclic) bond motifs is 2. The summed E-state index contributed by atoms with van der Waals surface area (Å²) >= 11 is 12.9. The second-order valence-electron chi connectivity index (χ2n) is 8.82. The number of ether oxygens (including phenoxy) is 1. The summed E-state index contributed by atoms with van der Waals surface area (Å²) in [4.78, 5) is 20.6. The predicted molar refractivity (Wildman–Crippen MR) is 143 cm³/mol. The molecule has 0 unspecified atom stereocenters. The fraction of sp³-hybridized carbons (Fsp3) is 0.214. The summed E-state index contributed by atoms with van der Waals surface area (Å²) in [5.74, 6) is 0.654. The van der Waals surface area contributed by atoms with Crippen molar-refractivity contribution in [3.8, 4) is 16.9 Å². The molecule has 1 atom stereocenters. The molecule has 2 heterocycles. The van der Waals surface area contributed by atoms with Crippen LogP contribution < -0.4 is 15.0 Å². The number of carbonyl (C=O) groups is 1. The third-order valence-corrected chi connectivity index (χ3v) is 7.17. The molecule has 3 aromatic carbocycles. The van der Waals surface area contributed by atoms with E-state index in [1.165, 1.54) is 0 Å². The maximum atomic E-state index is 13.7. The molecular formula is C28H25Cl2N3O2. The van der Waals surface area contributed by atoms with Crippen LogP contribution in [0, 0.1) is 6.92 Å². The summed E-state index contributed by atoms with van der Waals surface area (Å²) < 4.78 is 5.77. The van der Waals surface area contributed by atoms with Gasteiger partial charge in [-0.15, -0.1) is 0 Å². The largest absolute Gasteiger partial charge is 0.493 e. The van der Waals surface area contributed by atoms with Gasteiger partial charge in [-0.1, -0.05) is 71.7 Å². The highest BCUT2D eigenvalue weighted by molar-refractivity contribution is 6.44. The Morgan fingerprint density at radius 1 is 1.03 bits per heavy atom. The molecule has 1 amide bonds. The number of anilines is 1. The van der Waals surface area contributed by atoms with Crippen LogP contribution in [0.4, 0.5) is 5.69 Å². The van der Waals surface area contributed by atoms with E-state index in [0.717, 1.165) is 39.0 Å². The van der Waals surface area contributed by atoms with Gasteiger partial charge in [-0.3, -0.25) is 9.78 Å². The first kappa shape index (κ1) is 23.5. The first-order chi connectivity index (χ1) is 16.9. The number of rotatable bonds is 4. The van der Waals surface area contributed by atoms with Crippen LogP contribution in [0.25, 0.3) is 22.0 Å². The number of halogens is 2. The Morgan fingerprint density at radius 3 is 2.57 bits per heavy atom. The second-order valence-corrected chi connectivity index (χ2v) is 9.60. The van der Waals surface area contributed by atoms with Gasteiger partial charge in [0.15, 0.2) is 0 Å². The lowest BCUT2D eigenvalue weighted by molar-refractivity contribution is 0.0924. The summed E-state index contributed by atoms with van der Waals surface area (Å²) in [6.07, 6.45) is 0.706. The van der Waals surface area contributed by atoms with Gasteiger partial charge in [0.25, 0.3) is 5.91 Å². The molecule has 178 valence electrons. The third kappa shape index (κ3) is 4.19. The summed E-state index contributed by atoms with van der Waals surface area (Å²) in [7, 11) is 3.88. The van der Waals surface area contributed by atoms with E-state index >= 15 is 0 Å². The first-order valence-corrected chi connectivity index (χ1v) is 12.2. The molecule has 5 rings (SSSR count). The van der Waals surface area contributed by atoms with Crippen molar-refractivity contribution in [2.45, 2.75) is 19.4 Å². The Kier molecular flexibility index (Phi) is 6.30. The van der Waals surface area contributed by atoms with Crippen molar-refractivity contribution in [2.75, 3.05) is 25.6 Å². The number of aromatic nitrogens is 1. The van der Waals surface area contributed by atoms with Gasteiger partial charge < -0.3 is 15.0 Å². The molecule has 7 heteroatoms. The van der Waals surface area contributed by atoms with Gasteiger partial charge in [-0.2, -0.15) is 0 Å². The van der Waals surface area contributed by atoms with Gasteiger partial charge in [0.05, 0.1) is 45.2 Å². The fourth-order valence-electron chi connectivity index (χ4n) is 4.77. The second kappa shape index (κ2) is 9.40. The smallest absolute Gasteiger partial charge is 0.255 e. The molecule has 0 aliphatic carbocycles. The van der Waals surface area contributed by atoms with Crippen LogP contribution in [0.1, 0.15) is 34.1 Å². The van der Waals surface area contributed by atoms with Crippen LogP contribution in [0.5, 0.6) is 5.75 Å². The van der Waals surface area contributed by atoms with Crippen LogP contribution in [-0.4, -0.2) is 31.6 Å². The number of carbonyl (C=O) groups excluding carboxylic acids is 1. The number of aryl methyl sites for hydroxylation is 1. The lowest BCUT2D eigenvalue weighted by atomic mass is 9.96. The van der Waals surface area contributed by atoms with E-state index in [0.29, 0.717) is 34.3 Å². The van der Waals surface area contributed by atoms with Crippen LogP contribution in [-0.2, 0) is 0 Å². The summed E-state index contributed by atoms with van der Waals surface area (Å²) in [5.41, 5.74) is 5.44. The number of hydrogen-bond acceptors (Lipinski definition) is 4. The van der Waals surface area contributed by atoms with Crippen LogP contribution in [0.15, 0.2) is 60.7 Å². The average molecular weight is 506 g/mol. The SMILES string of the molecule is Cc1nc2c(-c3cccc(Cl)c3Cl)cccc2c(N(C)C)c1C(=O)N[C@H]1CCOc2ccccc21. The van der Waals surface area contributed by atoms with Gasteiger partial charge >= 0.3 is 0 Å². The topological polar surface area (TPSA) is 54.5 Å². The number of benzene rings is 3. The molecule has 4 aromatic rings. The molecular weight excluding hydrogens is 481 g/mol. The van der Waals surface area contributed by atoms with E-state index in [9.17, 15) is 4.79 Å². The minimum absolute atomic E-state index is 0.130. The average Bonchev–Trinajstić information content (AvgIpc) is 2.84. The molecule has 0 saturated carbocycles. The maximum Gasteiger partial charge on any atom is 0.255 e. The normalized spacial score (nSPS) is 14.8. The van der Waals surface area contributed by atoms with Crippen molar-refractivity contribution in [3.63, 3.8) is 0 Å². The van der Waals surface area contributed by atoms with E-state index in [1.807, 2.05) is 80.5 Å². The number of pyridine rings is 1. The highest BCUT2D eigenvalue weighted by atomic mass is 35.5. The Balaban J connectivity index is 1.63. The molecule has 0 radical (unpaired) electrons. The Labute approximate surface area is 214 Å². The first-order valence-electron chi connectivity index (χ1n) is 11.4. The predicted octanol–water partition coefficient (Wildman–Crippen LogP) is 6.84. The minimum Gasteiger partial charge on any atom is -0.493 e. The van der Waals surface area contributed by atoms with Crippen LogP contribution in [0.3, 0.4) is 0 Å². The fourth-order valence-corrected chi connectivity index (χ4v) is 5.17. The van der Waals surface area contributed by atoms with Crippen LogP contribution >= 0.6 is 23.2 Å². The molecule has 1 aliphatic rings. The molecule has 35 heavy (non-hydrogen) atoms. The van der Waals surface area contributed by atoms with Crippen molar-refractivity contribution in [3.05, 3.63) is 87.5 Å². The lowest BCUT2D eigenvalue weighted by Gasteiger charge is -2.28. The zero-order valence-corrected chi connectivity index (χ0v) is 21.2. The molecule has 1 N–H and O–H groups in total. The van der Waals surface area contributed by atoms with Crippen molar-refractivity contribution in [2.24, 2.45) is 0 Å². The molecule has 0 saturated heterocycles. The Hall–Kier alpha value is -3.28. The molecule has 0 bridgehead atoms. The van der Waals surface area contributed by atoms with E-state index in [4.69, 9.17) is 32.9 Å². The van der Waals surface area contributed by atoms with Crippen molar-refractivity contribution in [1.82, 2.24) is 10.3 Å². The Bertz CT molecular complexity index is 1450. The molecule has 1 aliphatic heterocycles. The molecule has 1 aromatic heterocycles. The van der Waals surface area contributed by atoms with E-state index < -0.39 is 0 Å². The monoisotopic (exact) mass is 505 g/mol. The summed E-state index contributed by atoms with van der Waals surface area (Å²) in [6, 6.07) is 19.2. The van der Waals surface area contributed by atoms with Crippen molar-refractivity contribution in [1.29, 1.82) is 0 Å². The maximum absolute atomic E-state index is 13.7. The standard InChI is InChI=1S/C28H25Cl2N3O2/c1-16-24(28(34)32-22-14-15-35-23-13-5-4-8-19(22)23)27(33(2)3)20-11-6-10-18(26(20)31-16)17-9-7-12-21(29)25(17)30/h4-13,22H,14-15H2,1-3H3,(H,32,34)/t22-/m0/s1. The Morgan fingerprint density at radius 2 is 1.77 bits per heavy atom. The van der Waals surface area contributed by atoms with Gasteiger partial charge in [0.1, 0.15) is 5.75 Å². The van der Waals surface area contributed by atoms with Crippen LogP contribution in [0.2, 0.25) is 10.0 Å². The third-order valence-electron chi connectivity index (χ3n) is 6.35. The molecule has 0 fully saturated rings. The van der Waals surface area contributed by atoms with E-state index in [-0.39, 0.29) is 11.9 Å². The van der Waals surface area contributed by atoms with Gasteiger partial charge in [-0.05, 0) is 19.1 Å². The number of nitrogens with zero attached hydrogens (tertiary/aromatic N) is 2. The zero-order valence-electron chi connectivity index (χ0n) is 19.7. The number of para-hydroxylation sites is 2. The van der Waals surface area contributed by atoms with Crippen molar-refractivity contribution < 1.29 is 9.53 Å². The molecule has 0 spiro atoms. The minimum atomic E-state index is -0.159. The number of amides is 1. The quantitative estimate of drug-likeness (QED) is 0.330. The summed E-state index contributed by atoms with van der Waals surface area (Å²) in [5, 5.41) is 5.06. The number of hydrogen-bond donors (Lipinski definition) is 1. The van der Waals surface area contributed by atoms with E-state index in [2.05, 4.69) is 5.32 Å². The van der Waals surface area contributed by atoms with Gasteiger partial charge in [-0.25, -0.2) is 0 Å². The van der Waals surface area contributed by atoms with Crippen molar-refractivity contribution >= 4 is 45.7 Å². The van der Waals surface area contributed by atoms with Gasteiger partial charge in [0.2, 0.25) is 0 Å². The molecule has 5 nitrogen and oxygen atoms in total. The van der Waals surface area contributed by atoms with Gasteiger partial charge in [0, 0.05) is 42.6 Å². The van der Waals surface area contributed by atoms with E-state index in [1.54, 1.807) is 6.07 Å². The summed E-state index contributed by atoms with van der Waals surface area (Å²) in [6.45, 7) is 2.43.